The number of nitrogens with one attached hydrogen (secondary N) is 1. The van der Waals surface area contributed by atoms with Crippen molar-refractivity contribution >= 4 is 17.1 Å². The van der Waals surface area contributed by atoms with Crippen molar-refractivity contribution in [3.63, 3.8) is 0 Å². The van der Waals surface area contributed by atoms with Gasteiger partial charge in [0.15, 0.2) is 0 Å². The highest BCUT2D eigenvalue weighted by atomic mass is 32.2. The van der Waals surface area contributed by atoms with Crippen LogP contribution in [0.5, 0.6) is 0 Å². The van der Waals surface area contributed by atoms with Crippen molar-refractivity contribution in [3.05, 3.63) is 29.7 Å². The van der Waals surface area contributed by atoms with Gasteiger partial charge in [0.2, 0.25) is 0 Å². The van der Waals surface area contributed by atoms with E-state index in [0.717, 1.165) is 0 Å². The van der Waals surface area contributed by atoms with E-state index in [0.29, 0.717) is 5.76 Å². The second kappa shape index (κ2) is 6.13. The van der Waals surface area contributed by atoms with E-state index in [-0.39, 0.29) is 5.57 Å². The highest BCUT2D eigenvalue weighted by Gasteiger charge is 2.42. The Morgan fingerprint density at radius 1 is 1.40 bits per heavy atom. The lowest BCUT2D eigenvalue weighted by Gasteiger charge is -2.26. The molecule has 3 nitrogen and oxygen atoms in total. The standard InChI is InChI=1S/C13H18F3NO2S/c1-9(8-10-6-5-7-19-10)11(13(14,15)16)17-20(18)12(2,3)4/h5-8,11,17H,1-4H3/b9-8+/t11-,20?/m0/s1. The van der Waals surface area contributed by atoms with Crippen LogP contribution in [0.15, 0.2) is 28.4 Å². The normalized spacial score (nSPS) is 17.1. The van der Waals surface area contributed by atoms with Gasteiger partial charge >= 0.3 is 6.18 Å². The Morgan fingerprint density at radius 2 is 2.00 bits per heavy atom. The first-order valence-corrected chi connectivity index (χ1v) is 7.13. The summed E-state index contributed by atoms with van der Waals surface area (Å²) in [6.45, 7) is 6.15. The Labute approximate surface area is 118 Å². The molecule has 7 heteroatoms. The summed E-state index contributed by atoms with van der Waals surface area (Å²) in [5.74, 6) is 0.320. The monoisotopic (exact) mass is 309 g/mol. The molecule has 0 bridgehead atoms. The average molecular weight is 309 g/mol. The van der Waals surface area contributed by atoms with E-state index in [1.54, 1.807) is 32.9 Å². The molecule has 0 aliphatic carbocycles. The minimum atomic E-state index is -4.53. The van der Waals surface area contributed by atoms with E-state index < -0.39 is 28.0 Å². The van der Waals surface area contributed by atoms with Crippen molar-refractivity contribution in [1.82, 2.24) is 4.72 Å². The Bertz CT molecular complexity index is 487. The van der Waals surface area contributed by atoms with Crippen molar-refractivity contribution in [3.8, 4) is 0 Å². The van der Waals surface area contributed by atoms with E-state index in [2.05, 4.69) is 4.72 Å². The van der Waals surface area contributed by atoms with Crippen molar-refractivity contribution in [2.45, 2.75) is 44.7 Å². The molecule has 114 valence electrons. The van der Waals surface area contributed by atoms with Crippen LogP contribution in [0.25, 0.3) is 6.08 Å². The maximum absolute atomic E-state index is 13.1. The minimum absolute atomic E-state index is 0.00921. The van der Waals surface area contributed by atoms with E-state index in [1.807, 2.05) is 0 Å². The molecule has 0 radical (unpaired) electrons. The van der Waals surface area contributed by atoms with Gasteiger partial charge in [0, 0.05) is 0 Å². The van der Waals surface area contributed by atoms with Gasteiger partial charge in [0.1, 0.15) is 11.8 Å². The molecule has 0 aliphatic heterocycles. The van der Waals surface area contributed by atoms with Crippen LogP contribution in [-0.4, -0.2) is 21.2 Å². The first kappa shape index (κ1) is 17.0. The van der Waals surface area contributed by atoms with Crippen LogP contribution >= 0.6 is 0 Å². The van der Waals surface area contributed by atoms with Gasteiger partial charge in [-0.05, 0) is 51.5 Å². The Balaban J connectivity index is 2.99. The average Bonchev–Trinajstić information content (AvgIpc) is 2.74. The van der Waals surface area contributed by atoms with Crippen LogP contribution in [0.4, 0.5) is 13.2 Å². The molecular formula is C13H18F3NO2S. The summed E-state index contributed by atoms with van der Waals surface area (Å²) in [5, 5.41) is 0. The third-order valence-corrected chi connectivity index (χ3v) is 4.04. The molecule has 1 aromatic rings. The number of alkyl halides is 3. The quantitative estimate of drug-likeness (QED) is 0.922. The van der Waals surface area contributed by atoms with Gasteiger partial charge in [-0.25, -0.2) is 8.93 Å². The number of hydrogen-bond acceptors (Lipinski definition) is 2. The topological polar surface area (TPSA) is 42.2 Å². The largest absolute Gasteiger partial charge is 0.465 e. The molecule has 1 heterocycles. The molecule has 1 aromatic heterocycles. The fourth-order valence-electron chi connectivity index (χ4n) is 1.38. The molecule has 0 spiro atoms. The summed E-state index contributed by atoms with van der Waals surface area (Å²) < 4.78 is 57.5. The third kappa shape index (κ3) is 4.79. The van der Waals surface area contributed by atoms with Gasteiger partial charge in [-0.3, -0.25) is 0 Å². The van der Waals surface area contributed by atoms with Crippen molar-refractivity contribution in [2.24, 2.45) is 0 Å². The van der Waals surface area contributed by atoms with Crippen LogP contribution < -0.4 is 4.72 Å². The molecule has 0 aliphatic rings. The van der Waals surface area contributed by atoms with E-state index in [4.69, 9.17) is 4.42 Å². The zero-order valence-corrected chi connectivity index (χ0v) is 12.6. The molecule has 20 heavy (non-hydrogen) atoms. The Kier molecular flexibility index (Phi) is 5.21. The van der Waals surface area contributed by atoms with E-state index >= 15 is 0 Å². The third-order valence-electron chi connectivity index (χ3n) is 2.48. The van der Waals surface area contributed by atoms with Gasteiger partial charge in [-0.1, -0.05) is 0 Å². The van der Waals surface area contributed by atoms with Crippen LogP contribution in [0, 0.1) is 0 Å². The predicted octanol–water partition coefficient (Wildman–Crippen LogP) is 3.67. The molecule has 0 amide bonds. The molecule has 0 saturated heterocycles. The highest BCUT2D eigenvalue weighted by Crippen LogP contribution is 2.28. The van der Waals surface area contributed by atoms with Crippen molar-refractivity contribution in [2.75, 3.05) is 0 Å². The number of hydrogen-bond donors (Lipinski definition) is 1. The first-order chi connectivity index (χ1) is 9.01. The lowest BCUT2D eigenvalue weighted by Crippen LogP contribution is -2.48. The molecule has 1 N–H and O–H groups in total. The minimum Gasteiger partial charge on any atom is -0.465 e. The number of furan rings is 1. The Morgan fingerprint density at radius 3 is 2.40 bits per heavy atom. The van der Waals surface area contributed by atoms with Gasteiger partial charge < -0.3 is 4.42 Å². The van der Waals surface area contributed by atoms with Gasteiger partial charge in [0.25, 0.3) is 0 Å². The predicted molar refractivity (Wildman–Crippen MR) is 73.2 cm³/mol. The smallest absolute Gasteiger partial charge is 0.408 e. The summed E-state index contributed by atoms with van der Waals surface area (Å²) in [5.41, 5.74) is -0.00921. The zero-order valence-electron chi connectivity index (χ0n) is 11.7. The van der Waals surface area contributed by atoms with Crippen LogP contribution in [-0.2, 0) is 11.0 Å². The van der Waals surface area contributed by atoms with Crippen LogP contribution in [0.2, 0.25) is 0 Å². The summed E-state index contributed by atoms with van der Waals surface area (Å²) in [6, 6.07) is 1.16. The second-order valence-electron chi connectivity index (χ2n) is 5.38. The van der Waals surface area contributed by atoms with Crippen LogP contribution in [0.1, 0.15) is 33.5 Å². The fourth-order valence-corrected chi connectivity index (χ4v) is 2.27. The number of halogens is 3. The van der Waals surface area contributed by atoms with Crippen molar-refractivity contribution < 1.29 is 21.8 Å². The van der Waals surface area contributed by atoms with Gasteiger partial charge in [0.05, 0.1) is 22.0 Å². The summed E-state index contributed by atoms with van der Waals surface area (Å²) in [7, 11) is -1.82. The molecule has 1 unspecified atom stereocenters. The van der Waals surface area contributed by atoms with Gasteiger partial charge in [-0.15, -0.1) is 0 Å². The van der Waals surface area contributed by atoms with E-state index in [9.17, 15) is 17.4 Å². The SMILES string of the molecule is C/C(=C\c1ccco1)[C@H](NS(=O)C(C)(C)C)C(F)(F)F. The first-order valence-electron chi connectivity index (χ1n) is 5.98. The Hall–Kier alpha value is -1.08. The van der Waals surface area contributed by atoms with Crippen molar-refractivity contribution in [1.29, 1.82) is 0 Å². The fraction of sp³-hybridized carbons (Fsp3) is 0.538. The number of rotatable bonds is 4. The lowest BCUT2D eigenvalue weighted by atomic mass is 10.1. The van der Waals surface area contributed by atoms with Gasteiger partial charge in [-0.2, -0.15) is 13.2 Å². The molecule has 0 fully saturated rings. The second-order valence-corrected chi connectivity index (χ2v) is 7.38. The van der Waals surface area contributed by atoms with Crippen LogP contribution in [0.3, 0.4) is 0 Å². The summed E-state index contributed by atoms with van der Waals surface area (Å²) in [4.78, 5) is 0. The molecule has 0 aromatic carbocycles. The molecule has 2 atom stereocenters. The summed E-state index contributed by atoms with van der Waals surface area (Å²) >= 11 is 0. The lowest BCUT2D eigenvalue weighted by molar-refractivity contribution is -0.142. The van der Waals surface area contributed by atoms with E-state index in [1.165, 1.54) is 19.3 Å². The summed E-state index contributed by atoms with van der Waals surface area (Å²) in [6.07, 6.45) is -1.87. The molecule has 0 saturated carbocycles. The molecular weight excluding hydrogens is 291 g/mol. The highest BCUT2D eigenvalue weighted by molar-refractivity contribution is 7.84. The molecule has 1 rings (SSSR count). The maximum Gasteiger partial charge on any atom is 0.408 e. The zero-order chi connectivity index (χ0) is 15.6. The maximum atomic E-state index is 13.1.